The highest BCUT2D eigenvalue weighted by molar-refractivity contribution is 7.84. The Labute approximate surface area is 250 Å². The molecule has 0 saturated heterocycles. The van der Waals surface area contributed by atoms with Crippen molar-refractivity contribution in [3.8, 4) is 5.75 Å². The number of halogens is 2. The van der Waals surface area contributed by atoms with Crippen molar-refractivity contribution in [3.63, 3.8) is 0 Å². The van der Waals surface area contributed by atoms with E-state index in [1.54, 1.807) is 13.0 Å². The lowest BCUT2D eigenvalue weighted by molar-refractivity contribution is -0.143. The maximum Gasteiger partial charge on any atom is 0.388 e. The molecule has 1 aliphatic heterocycles. The first kappa shape index (κ1) is 32.5. The van der Waals surface area contributed by atoms with Crippen molar-refractivity contribution in [1.29, 1.82) is 0 Å². The minimum absolute atomic E-state index is 0. The van der Waals surface area contributed by atoms with E-state index in [0.717, 1.165) is 44.9 Å². The van der Waals surface area contributed by atoms with Crippen LogP contribution in [0.25, 0.3) is 11.0 Å². The van der Waals surface area contributed by atoms with Crippen LogP contribution in [0, 0.1) is 6.92 Å². The largest absolute Gasteiger partial charge is 0.496 e. The molecule has 0 aliphatic carbocycles. The number of hydrogen-bond donors (Lipinski definition) is 1. The van der Waals surface area contributed by atoms with Crippen molar-refractivity contribution >= 4 is 51.3 Å². The summed E-state index contributed by atoms with van der Waals surface area (Å²) in [6.07, 6.45) is 3.10. The van der Waals surface area contributed by atoms with Crippen LogP contribution >= 0.6 is 24.0 Å². The molecule has 0 saturated carbocycles. The summed E-state index contributed by atoms with van der Waals surface area (Å²) in [4.78, 5) is 12.7. The average Bonchev–Trinajstić information content (AvgIpc) is 3.33. The monoisotopic (exact) mass is 628 g/mol. The maximum absolute atomic E-state index is 12.7. The summed E-state index contributed by atoms with van der Waals surface area (Å²) >= 11 is 5.83. The van der Waals surface area contributed by atoms with Gasteiger partial charge < -0.3 is 18.8 Å². The van der Waals surface area contributed by atoms with E-state index in [4.69, 9.17) is 21.1 Å². The summed E-state index contributed by atoms with van der Waals surface area (Å²) < 4.78 is 43.4. The summed E-state index contributed by atoms with van der Waals surface area (Å²) in [5.74, 6) is -0.368. The fraction of sp³-hybridized carbons (Fsp3) is 0.444. The second kappa shape index (κ2) is 14.2. The molecule has 3 aromatic rings. The number of carbonyl (C=O) groups excluding carboxylic acids is 1. The van der Waals surface area contributed by atoms with E-state index in [1.165, 1.54) is 13.2 Å². The Morgan fingerprint density at radius 3 is 2.71 bits per heavy atom. The van der Waals surface area contributed by atoms with Crippen LogP contribution in [0.4, 0.5) is 0 Å². The van der Waals surface area contributed by atoms with Crippen molar-refractivity contribution < 1.29 is 32.0 Å². The lowest BCUT2D eigenvalue weighted by Gasteiger charge is -2.25. The quantitative estimate of drug-likeness (QED) is 0.171. The normalized spacial score (nSPS) is 15.5. The van der Waals surface area contributed by atoms with Crippen molar-refractivity contribution in [2.75, 3.05) is 26.1 Å². The van der Waals surface area contributed by atoms with Crippen LogP contribution in [-0.2, 0) is 37.1 Å². The van der Waals surface area contributed by atoms with Crippen LogP contribution < -0.4 is 4.74 Å². The number of unbranched alkanes of at least 4 members (excludes halogenated alkanes) is 1. The molecule has 0 amide bonds. The highest BCUT2D eigenvalue weighted by Crippen LogP contribution is 2.36. The number of aliphatic hydroxyl groups is 1. The molecule has 14 heteroatoms. The number of aliphatic hydroxyl groups excluding tert-OH is 1. The lowest BCUT2D eigenvalue weighted by atomic mass is 9.84. The smallest absolute Gasteiger partial charge is 0.388 e. The Morgan fingerprint density at radius 1 is 1.24 bits per heavy atom. The van der Waals surface area contributed by atoms with E-state index in [1.807, 2.05) is 35.9 Å². The Kier molecular flexibility index (Phi) is 11.3. The molecule has 0 fully saturated rings. The Balaban J connectivity index is 0.00000462. The standard InChI is InChI=1S/C27H33ClN4O7S.ClH/c1-4-38-26(34)16-22(21-8-9-23-27(18(21)2)29-30-32(23)13-6-5-12-28)19-7-10-24(37-3)20(15-19)17-31-14-11-25(33)39-40(31,35)36;/h7-11,15,22,33H,4-6,12-14,16-17H2,1-3H3;1H. The second-order valence-electron chi connectivity index (χ2n) is 9.37. The molecule has 1 aliphatic rings. The summed E-state index contributed by atoms with van der Waals surface area (Å²) in [6, 6.07) is 9.35. The third-order valence-electron chi connectivity index (χ3n) is 6.82. The van der Waals surface area contributed by atoms with Crippen molar-refractivity contribution in [2.45, 2.75) is 52.1 Å². The second-order valence-corrected chi connectivity index (χ2v) is 11.3. The van der Waals surface area contributed by atoms with Gasteiger partial charge in [0.15, 0.2) is 0 Å². The SMILES string of the molecule is CCOC(=O)CC(c1ccc(OC)c(CN2CC=C(O)OS2(=O)=O)c1)c1ccc2c(nnn2CCCCCl)c1C.Cl. The minimum atomic E-state index is -4.18. The van der Waals surface area contributed by atoms with Crippen LogP contribution in [0.2, 0.25) is 0 Å². The lowest BCUT2D eigenvalue weighted by Crippen LogP contribution is -2.35. The number of aryl methyl sites for hydroxylation is 2. The van der Waals surface area contributed by atoms with Crippen LogP contribution in [-0.4, -0.2) is 64.9 Å². The number of esters is 1. The minimum Gasteiger partial charge on any atom is -0.496 e. The fourth-order valence-electron chi connectivity index (χ4n) is 4.81. The third kappa shape index (κ3) is 7.42. The van der Waals surface area contributed by atoms with Gasteiger partial charge in [-0.1, -0.05) is 23.4 Å². The predicted molar refractivity (Wildman–Crippen MR) is 157 cm³/mol. The van der Waals surface area contributed by atoms with E-state index in [2.05, 4.69) is 14.5 Å². The molecule has 1 unspecified atom stereocenters. The van der Waals surface area contributed by atoms with Crippen LogP contribution in [0.1, 0.15) is 54.4 Å². The molecule has 2 heterocycles. The molecule has 4 rings (SSSR count). The van der Waals surface area contributed by atoms with Gasteiger partial charge in [-0.3, -0.25) is 4.79 Å². The van der Waals surface area contributed by atoms with Gasteiger partial charge in [0.2, 0.25) is 0 Å². The highest BCUT2D eigenvalue weighted by atomic mass is 35.5. The number of fused-ring (bicyclic) bond motifs is 1. The van der Waals surface area contributed by atoms with Crippen LogP contribution in [0.15, 0.2) is 42.4 Å². The first-order chi connectivity index (χ1) is 19.2. The molecular weight excluding hydrogens is 595 g/mol. The van der Waals surface area contributed by atoms with Gasteiger partial charge in [0, 0.05) is 43.1 Å². The van der Waals surface area contributed by atoms with Gasteiger partial charge in [-0.15, -0.1) is 29.1 Å². The molecule has 1 atom stereocenters. The van der Waals surface area contributed by atoms with E-state index in [-0.39, 0.29) is 44.5 Å². The Hall–Kier alpha value is -3.06. The molecule has 0 radical (unpaired) electrons. The third-order valence-corrected chi connectivity index (χ3v) is 8.38. The predicted octanol–water partition coefficient (Wildman–Crippen LogP) is 4.75. The first-order valence-corrected chi connectivity index (χ1v) is 14.9. The molecule has 2 aromatic carbocycles. The van der Waals surface area contributed by atoms with E-state index in [9.17, 15) is 18.3 Å². The molecular formula is C27H34Cl2N4O7S. The van der Waals surface area contributed by atoms with E-state index >= 15 is 0 Å². The van der Waals surface area contributed by atoms with E-state index < -0.39 is 22.2 Å². The van der Waals surface area contributed by atoms with Gasteiger partial charge in [0.05, 0.1) is 25.7 Å². The average molecular weight is 630 g/mol. The van der Waals surface area contributed by atoms with Crippen molar-refractivity contribution in [1.82, 2.24) is 19.3 Å². The number of aromatic nitrogens is 3. The van der Waals surface area contributed by atoms with E-state index in [0.29, 0.717) is 23.7 Å². The topological polar surface area (TPSA) is 133 Å². The molecule has 224 valence electrons. The van der Waals surface area contributed by atoms with Gasteiger partial charge in [-0.05, 0) is 55.5 Å². The number of hydrogen-bond acceptors (Lipinski definition) is 9. The fourth-order valence-corrected chi connectivity index (χ4v) is 5.95. The molecule has 11 nitrogen and oxygen atoms in total. The first-order valence-electron chi connectivity index (χ1n) is 13.0. The highest BCUT2D eigenvalue weighted by Gasteiger charge is 2.30. The number of alkyl halides is 1. The van der Waals surface area contributed by atoms with Gasteiger partial charge in [0.25, 0.3) is 5.95 Å². The zero-order valence-electron chi connectivity index (χ0n) is 23.1. The van der Waals surface area contributed by atoms with Crippen LogP contribution in [0.5, 0.6) is 5.75 Å². The molecule has 0 spiro atoms. The zero-order chi connectivity index (χ0) is 28.9. The Bertz CT molecular complexity index is 1510. The van der Waals surface area contributed by atoms with Crippen LogP contribution in [0.3, 0.4) is 0 Å². The summed E-state index contributed by atoms with van der Waals surface area (Å²) in [5.41, 5.74) is 4.75. The number of rotatable bonds is 12. The van der Waals surface area contributed by atoms with Crippen molar-refractivity contribution in [3.05, 3.63) is 64.6 Å². The number of nitrogens with zero attached hydrogens (tertiary/aromatic N) is 4. The number of methoxy groups -OCH3 is 1. The number of ether oxygens (including phenoxy) is 2. The number of carbonyl (C=O) groups is 1. The van der Waals surface area contributed by atoms with Gasteiger partial charge in [0.1, 0.15) is 11.3 Å². The Morgan fingerprint density at radius 2 is 2.02 bits per heavy atom. The van der Waals surface area contributed by atoms with Crippen molar-refractivity contribution in [2.24, 2.45) is 0 Å². The maximum atomic E-state index is 12.7. The van der Waals surface area contributed by atoms with Gasteiger partial charge in [-0.2, -0.15) is 12.7 Å². The zero-order valence-corrected chi connectivity index (χ0v) is 25.5. The molecule has 41 heavy (non-hydrogen) atoms. The molecule has 1 aromatic heterocycles. The molecule has 1 N–H and O–H groups in total. The summed E-state index contributed by atoms with van der Waals surface area (Å²) in [6.45, 7) is 4.53. The molecule has 0 bridgehead atoms. The number of benzene rings is 2. The van der Waals surface area contributed by atoms with Gasteiger partial charge >= 0.3 is 16.3 Å². The summed E-state index contributed by atoms with van der Waals surface area (Å²) in [5, 5.41) is 18.3. The summed E-state index contributed by atoms with van der Waals surface area (Å²) in [7, 11) is -2.69. The van der Waals surface area contributed by atoms with Gasteiger partial charge in [-0.25, -0.2) is 4.68 Å².